The van der Waals surface area contributed by atoms with Gasteiger partial charge in [0.1, 0.15) is 11.8 Å². The van der Waals surface area contributed by atoms with Crippen molar-refractivity contribution in [3.05, 3.63) is 65.9 Å². The number of nitrogens with one attached hydrogen (secondary N) is 1. The molecule has 0 aliphatic carbocycles. The van der Waals surface area contributed by atoms with E-state index in [-0.39, 0.29) is 6.04 Å². The molecule has 4 rings (SSSR count). The lowest BCUT2D eigenvalue weighted by Gasteiger charge is -2.15. The van der Waals surface area contributed by atoms with E-state index in [2.05, 4.69) is 15.8 Å². The van der Waals surface area contributed by atoms with Gasteiger partial charge in [-0.3, -0.25) is 0 Å². The van der Waals surface area contributed by atoms with Crippen LogP contribution < -0.4 is 10.6 Å². The lowest BCUT2D eigenvalue weighted by molar-refractivity contribution is -0.140. The third-order valence-electron chi connectivity index (χ3n) is 3.51. The number of furan rings is 1. The maximum absolute atomic E-state index is 12.0. The second-order valence-electron chi connectivity index (χ2n) is 4.90. The van der Waals surface area contributed by atoms with E-state index < -0.39 is 5.97 Å². The molecule has 3 heterocycles. The number of hydrogen-bond donors (Lipinski definition) is 1. The Morgan fingerprint density at radius 3 is 2.82 bits per heavy atom. The van der Waals surface area contributed by atoms with Gasteiger partial charge in [0.05, 0.1) is 17.6 Å². The molecular weight excluding hydrogens is 284 g/mol. The van der Waals surface area contributed by atoms with Gasteiger partial charge in [-0.2, -0.15) is 10.2 Å². The minimum absolute atomic E-state index is 0.205. The average molecular weight is 296 g/mol. The zero-order valence-corrected chi connectivity index (χ0v) is 11.5. The standard InChI is InChI=1S/C15H12N4O3/c20-15-14(19(18-22-15)10-5-2-1-3-6-10)12-9-11(16-17-12)13-7-4-8-21-13/h1-8,11,18H,9H2. The molecule has 110 valence electrons. The number of azo groups is 1. The molecule has 7 nitrogen and oxygen atoms in total. The van der Waals surface area contributed by atoms with Gasteiger partial charge in [-0.05, 0) is 24.3 Å². The van der Waals surface area contributed by atoms with Crippen LogP contribution in [0.5, 0.6) is 0 Å². The fourth-order valence-corrected chi connectivity index (χ4v) is 2.46. The molecule has 22 heavy (non-hydrogen) atoms. The summed E-state index contributed by atoms with van der Waals surface area (Å²) < 4.78 is 5.34. The van der Waals surface area contributed by atoms with Crippen LogP contribution in [0.15, 0.2) is 74.8 Å². The summed E-state index contributed by atoms with van der Waals surface area (Å²) in [5, 5.41) is 9.89. The molecule has 0 radical (unpaired) electrons. The Morgan fingerprint density at radius 2 is 2.05 bits per heavy atom. The molecule has 2 aliphatic heterocycles. The minimum atomic E-state index is -0.474. The number of anilines is 1. The Bertz CT molecular complexity index is 752. The van der Waals surface area contributed by atoms with Gasteiger partial charge in [0.2, 0.25) is 0 Å². The van der Waals surface area contributed by atoms with Crippen molar-refractivity contribution in [3.63, 3.8) is 0 Å². The largest absolute Gasteiger partial charge is 0.467 e. The number of rotatable bonds is 2. The molecule has 0 bridgehead atoms. The number of carbonyl (C=O) groups is 1. The van der Waals surface area contributed by atoms with Crippen LogP contribution in [0.4, 0.5) is 5.69 Å². The maximum Gasteiger partial charge on any atom is 0.378 e. The van der Waals surface area contributed by atoms with E-state index in [4.69, 9.17) is 9.25 Å². The monoisotopic (exact) mass is 296 g/mol. The molecule has 0 saturated carbocycles. The fraction of sp³-hybridized carbons (Fsp3) is 0.133. The first kappa shape index (κ1) is 12.8. The Labute approximate surface area is 125 Å². The number of benzene rings is 1. The highest BCUT2D eigenvalue weighted by molar-refractivity contribution is 5.95. The molecule has 0 spiro atoms. The first-order valence-electron chi connectivity index (χ1n) is 6.82. The van der Waals surface area contributed by atoms with Gasteiger partial charge in [-0.25, -0.2) is 9.80 Å². The number of para-hydroxylation sites is 1. The number of hydrogen-bond acceptors (Lipinski definition) is 7. The number of hydrazine groups is 1. The van der Waals surface area contributed by atoms with Crippen LogP contribution in [0.3, 0.4) is 0 Å². The van der Waals surface area contributed by atoms with Gasteiger partial charge in [0.25, 0.3) is 0 Å². The van der Waals surface area contributed by atoms with Gasteiger partial charge in [0, 0.05) is 6.42 Å². The zero-order valence-electron chi connectivity index (χ0n) is 11.5. The molecule has 1 saturated heterocycles. The van der Waals surface area contributed by atoms with Crippen LogP contribution in [-0.2, 0) is 9.63 Å². The van der Waals surface area contributed by atoms with Crippen LogP contribution in [0, 0.1) is 0 Å². The molecule has 0 amide bonds. The van der Waals surface area contributed by atoms with Crippen LogP contribution in [0.1, 0.15) is 18.2 Å². The van der Waals surface area contributed by atoms with E-state index in [0.29, 0.717) is 17.8 Å². The highest BCUT2D eigenvalue weighted by atomic mass is 16.7. The number of nitrogens with zero attached hydrogens (tertiary/aromatic N) is 3. The van der Waals surface area contributed by atoms with E-state index in [0.717, 1.165) is 11.4 Å². The van der Waals surface area contributed by atoms with Crippen molar-refractivity contribution in [1.29, 1.82) is 0 Å². The van der Waals surface area contributed by atoms with Crippen molar-refractivity contribution in [1.82, 2.24) is 5.59 Å². The molecule has 2 aromatic rings. The van der Waals surface area contributed by atoms with Crippen LogP contribution in [-0.4, -0.2) is 5.97 Å². The molecule has 1 atom stereocenters. The predicted octanol–water partition coefficient (Wildman–Crippen LogP) is 2.87. The molecule has 1 aromatic heterocycles. The SMILES string of the molecule is O=C1ONN(c2ccccc2)C1=C1CC(c2ccco2)N=N1. The Morgan fingerprint density at radius 1 is 1.18 bits per heavy atom. The lowest BCUT2D eigenvalue weighted by Crippen LogP contribution is -2.29. The van der Waals surface area contributed by atoms with Crippen molar-refractivity contribution in [3.8, 4) is 0 Å². The van der Waals surface area contributed by atoms with E-state index in [1.54, 1.807) is 17.3 Å². The van der Waals surface area contributed by atoms with Gasteiger partial charge in [0.15, 0.2) is 5.70 Å². The molecule has 7 heteroatoms. The first-order chi connectivity index (χ1) is 10.8. The maximum atomic E-state index is 12.0. The molecule has 1 N–H and O–H groups in total. The lowest BCUT2D eigenvalue weighted by atomic mass is 10.1. The summed E-state index contributed by atoms with van der Waals surface area (Å²) >= 11 is 0. The van der Waals surface area contributed by atoms with E-state index >= 15 is 0 Å². The summed E-state index contributed by atoms with van der Waals surface area (Å²) in [6.07, 6.45) is 2.08. The molecule has 1 fully saturated rings. The topological polar surface area (TPSA) is 79.4 Å². The van der Waals surface area contributed by atoms with Crippen LogP contribution >= 0.6 is 0 Å². The summed E-state index contributed by atoms with van der Waals surface area (Å²) in [4.78, 5) is 17.0. The zero-order chi connectivity index (χ0) is 14.9. The van der Waals surface area contributed by atoms with Crippen molar-refractivity contribution < 1.29 is 14.0 Å². The second-order valence-corrected chi connectivity index (χ2v) is 4.90. The van der Waals surface area contributed by atoms with Gasteiger partial charge < -0.3 is 9.25 Å². The average Bonchev–Trinajstić information content (AvgIpc) is 3.27. The van der Waals surface area contributed by atoms with E-state index in [9.17, 15) is 4.79 Å². The van der Waals surface area contributed by atoms with Crippen LogP contribution in [0.2, 0.25) is 0 Å². The summed E-state index contributed by atoms with van der Waals surface area (Å²) in [6, 6.07) is 12.8. The molecule has 2 aliphatic rings. The Balaban J connectivity index is 1.68. The molecule has 1 unspecified atom stereocenters. The Kier molecular flexibility index (Phi) is 2.97. The summed E-state index contributed by atoms with van der Waals surface area (Å²) in [7, 11) is 0. The normalized spacial score (nSPS) is 24.1. The van der Waals surface area contributed by atoms with Crippen molar-refractivity contribution in [2.75, 3.05) is 5.01 Å². The van der Waals surface area contributed by atoms with E-state index in [1.165, 1.54) is 0 Å². The van der Waals surface area contributed by atoms with Crippen molar-refractivity contribution in [2.24, 2.45) is 10.2 Å². The van der Waals surface area contributed by atoms with Crippen molar-refractivity contribution in [2.45, 2.75) is 12.5 Å². The second kappa shape index (κ2) is 5.12. The quantitative estimate of drug-likeness (QED) is 0.862. The Hall–Kier alpha value is -2.93. The summed E-state index contributed by atoms with van der Waals surface area (Å²) in [5.74, 6) is 0.253. The third kappa shape index (κ3) is 2.08. The van der Waals surface area contributed by atoms with Gasteiger partial charge in [-0.1, -0.05) is 23.8 Å². The minimum Gasteiger partial charge on any atom is -0.467 e. The smallest absolute Gasteiger partial charge is 0.378 e. The predicted molar refractivity (Wildman–Crippen MR) is 76.1 cm³/mol. The van der Waals surface area contributed by atoms with Crippen LogP contribution in [0.25, 0.3) is 0 Å². The molecule has 1 aromatic carbocycles. The number of carbonyl (C=O) groups excluding carboxylic acids is 1. The summed E-state index contributed by atoms with van der Waals surface area (Å²) in [5.41, 5.74) is 4.31. The van der Waals surface area contributed by atoms with Gasteiger partial charge in [-0.15, -0.1) is 0 Å². The third-order valence-corrected chi connectivity index (χ3v) is 3.51. The highest BCUT2D eigenvalue weighted by Gasteiger charge is 2.35. The fourth-order valence-electron chi connectivity index (χ4n) is 2.46. The van der Waals surface area contributed by atoms with Crippen molar-refractivity contribution >= 4 is 11.7 Å². The highest BCUT2D eigenvalue weighted by Crippen LogP contribution is 2.36. The van der Waals surface area contributed by atoms with E-state index in [1.807, 2.05) is 36.4 Å². The van der Waals surface area contributed by atoms with Gasteiger partial charge >= 0.3 is 5.97 Å². The summed E-state index contributed by atoms with van der Waals surface area (Å²) in [6.45, 7) is 0. The first-order valence-corrected chi connectivity index (χ1v) is 6.82. The molecular formula is C15H12N4O3.